The van der Waals surface area contributed by atoms with Gasteiger partial charge in [-0.25, -0.2) is 4.98 Å². The molecular formula is C23H20N2O2S2. The minimum atomic E-state index is -0.100. The first-order valence-corrected chi connectivity index (χ1v) is 11.2. The summed E-state index contributed by atoms with van der Waals surface area (Å²) in [7, 11) is 1.60. The summed E-state index contributed by atoms with van der Waals surface area (Å²) in [5, 5.41) is 0.690. The van der Waals surface area contributed by atoms with Crippen LogP contribution >= 0.6 is 23.1 Å². The number of rotatable bonds is 6. The van der Waals surface area contributed by atoms with E-state index in [4.69, 9.17) is 9.72 Å². The van der Waals surface area contributed by atoms with Gasteiger partial charge in [-0.3, -0.25) is 9.69 Å². The molecule has 0 atom stereocenters. The van der Waals surface area contributed by atoms with Crippen LogP contribution in [0.3, 0.4) is 0 Å². The van der Waals surface area contributed by atoms with Crippen molar-refractivity contribution in [2.45, 2.75) is 11.4 Å². The molecule has 3 aromatic carbocycles. The molecule has 0 fully saturated rings. The molecule has 0 aliphatic carbocycles. The van der Waals surface area contributed by atoms with E-state index in [1.54, 1.807) is 29.8 Å². The summed E-state index contributed by atoms with van der Waals surface area (Å²) in [6, 6.07) is 23.4. The lowest BCUT2D eigenvalue weighted by molar-refractivity contribution is 0.0985. The molecule has 1 heterocycles. The summed E-state index contributed by atoms with van der Waals surface area (Å²) < 4.78 is 6.37. The van der Waals surface area contributed by atoms with E-state index in [2.05, 4.69) is 18.4 Å². The van der Waals surface area contributed by atoms with Crippen molar-refractivity contribution in [3.8, 4) is 5.75 Å². The minimum absolute atomic E-state index is 0.100. The number of ether oxygens (including phenoxy) is 1. The highest BCUT2D eigenvalue weighted by molar-refractivity contribution is 7.98. The molecule has 0 aliphatic heterocycles. The average Bonchev–Trinajstić information content (AvgIpc) is 3.20. The van der Waals surface area contributed by atoms with Crippen LogP contribution in [-0.2, 0) is 6.54 Å². The first-order valence-electron chi connectivity index (χ1n) is 9.12. The van der Waals surface area contributed by atoms with E-state index in [1.807, 2.05) is 54.6 Å². The van der Waals surface area contributed by atoms with Gasteiger partial charge in [-0.15, -0.1) is 11.8 Å². The molecule has 0 N–H and O–H groups in total. The van der Waals surface area contributed by atoms with Gasteiger partial charge in [0.1, 0.15) is 5.75 Å². The van der Waals surface area contributed by atoms with Crippen molar-refractivity contribution in [3.63, 3.8) is 0 Å². The smallest absolute Gasteiger partial charge is 0.260 e. The lowest BCUT2D eigenvalue weighted by atomic mass is 10.1. The van der Waals surface area contributed by atoms with Crippen molar-refractivity contribution in [1.82, 2.24) is 4.98 Å². The van der Waals surface area contributed by atoms with E-state index in [9.17, 15) is 4.79 Å². The third kappa shape index (κ3) is 4.28. The van der Waals surface area contributed by atoms with E-state index in [-0.39, 0.29) is 5.91 Å². The Morgan fingerprint density at radius 3 is 2.66 bits per heavy atom. The fraction of sp³-hybridized carbons (Fsp3) is 0.130. The minimum Gasteiger partial charge on any atom is -0.497 e. The Labute approximate surface area is 178 Å². The van der Waals surface area contributed by atoms with Gasteiger partial charge in [0.05, 0.1) is 23.9 Å². The van der Waals surface area contributed by atoms with Gasteiger partial charge in [-0.1, -0.05) is 47.7 Å². The van der Waals surface area contributed by atoms with E-state index in [0.717, 1.165) is 15.8 Å². The quantitative estimate of drug-likeness (QED) is 0.366. The Kier molecular flexibility index (Phi) is 5.83. The molecule has 0 radical (unpaired) electrons. The topological polar surface area (TPSA) is 42.4 Å². The normalized spacial score (nSPS) is 10.8. The van der Waals surface area contributed by atoms with E-state index in [0.29, 0.717) is 23.0 Å². The molecule has 0 saturated heterocycles. The molecule has 4 nitrogen and oxygen atoms in total. The average molecular weight is 421 g/mol. The van der Waals surface area contributed by atoms with Gasteiger partial charge in [0.25, 0.3) is 5.91 Å². The number of aromatic nitrogens is 1. The number of fused-ring (bicyclic) bond motifs is 1. The van der Waals surface area contributed by atoms with Gasteiger partial charge >= 0.3 is 0 Å². The Bertz CT molecular complexity index is 1140. The van der Waals surface area contributed by atoms with Crippen LogP contribution in [0.2, 0.25) is 0 Å². The van der Waals surface area contributed by atoms with Gasteiger partial charge in [0.15, 0.2) is 5.13 Å². The highest BCUT2D eigenvalue weighted by Crippen LogP contribution is 2.33. The molecule has 4 aromatic rings. The Morgan fingerprint density at radius 1 is 1.07 bits per heavy atom. The van der Waals surface area contributed by atoms with Crippen LogP contribution in [0.1, 0.15) is 15.9 Å². The molecule has 0 unspecified atom stereocenters. The third-order valence-electron chi connectivity index (χ3n) is 4.56. The van der Waals surface area contributed by atoms with Crippen LogP contribution in [0, 0.1) is 0 Å². The highest BCUT2D eigenvalue weighted by atomic mass is 32.2. The standard InChI is InChI=1S/C23H20N2O2S2/c1-27-18-10-6-9-17(13-18)22(26)25(15-16-7-4-3-5-8-16)23-24-20-12-11-19(28-2)14-21(20)29-23/h3-14H,15H2,1-2H3. The van der Waals surface area contributed by atoms with Crippen LogP contribution in [0.15, 0.2) is 77.7 Å². The summed E-state index contributed by atoms with van der Waals surface area (Å²) in [6.07, 6.45) is 2.05. The summed E-state index contributed by atoms with van der Waals surface area (Å²) in [5.41, 5.74) is 2.52. The van der Waals surface area contributed by atoms with Gasteiger partial charge in [0.2, 0.25) is 0 Å². The second-order valence-corrected chi connectivity index (χ2v) is 8.33. The number of hydrogen-bond acceptors (Lipinski definition) is 5. The second-order valence-electron chi connectivity index (χ2n) is 6.44. The van der Waals surface area contributed by atoms with Crippen LogP contribution in [0.25, 0.3) is 10.2 Å². The maximum atomic E-state index is 13.5. The monoisotopic (exact) mass is 420 g/mol. The Hall–Kier alpha value is -2.83. The highest BCUT2D eigenvalue weighted by Gasteiger charge is 2.22. The fourth-order valence-electron chi connectivity index (χ4n) is 3.04. The molecule has 0 aliphatic rings. The Morgan fingerprint density at radius 2 is 1.90 bits per heavy atom. The van der Waals surface area contributed by atoms with E-state index in [1.165, 1.54) is 16.2 Å². The second kappa shape index (κ2) is 8.68. The first-order chi connectivity index (χ1) is 14.2. The number of thioether (sulfide) groups is 1. The van der Waals surface area contributed by atoms with Gasteiger partial charge in [-0.05, 0) is 48.2 Å². The zero-order valence-electron chi connectivity index (χ0n) is 16.2. The predicted octanol–water partition coefficient (Wildman–Crippen LogP) is 5.87. The number of carbonyl (C=O) groups is 1. The van der Waals surface area contributed by atoms with Gasteiger partial charge in [-0.2, -0.15) is 0 Å². The number of amides is 1. The number of benzene rings is 3. The van der Waals surface area contributed by atoms with Crippen molar-refractivity contribution < 1.29 is 9.53 Å². The number of nitrogens with zero attached hydrogens (tertiary/aromatic N) is 2. The Balaban J connectivity index is 1.76. The zero-order valence-corrected chi connectivity index (χ0v) is 17.8. The number of anilines is 1. The van der Waals surface area contributed by atoms with Crippen molar-refractivity contribution in [2.75, 3.05) is 18.3 Å². The number of thiazole rings is 1. The van der Waals surface area contributed by atoms with Crippen LogP contribution in [0.5, 0.6) is 5.75 Å². The molecule has 29 heavy (non-hydrogen) atoms. The maximum Gasteiger partial charge on any atom is 0.260 e. The molecule has 146 valence electrons. The maximum absolute atomic E-state index is 13.5. The summed E-state index contributed by atoms with van der Waals surface area (Å²) >= 11 is 3.23. The number of carbonyl (C=O) groups excluding carboxylic acids is 1. The van der Waals surface area contributed by atoms with Gasteiger partial charge in [0, 0.05) is 10.5 Å². The predicted molar refractivity (Wildman–Crippen MR) is 121 cm³/mol. The van der Waals surface area contributed by atoms with Crippen molar-refractivity contribution >= 4 is 44.4 Å². The summed E-state index contributed by atoms with van der Waals surface area (Å²) in [4.78, 5) is 21.1. The molecule has 1 aromatic heterocycles. The molecule has 4 rings (SSSR count). The third-order valence-corrected chi connectivity index (χ3v) is 6.33. The SMILES string of the molecule is COc1cccc(C(=O)N(Cc2ccccc2)c2nc3ccc(SC)cc3s2)c1. The van der Waals surface area contributed by atoms with Crippen molar-refractivity contribution in [3.05, 3.63) is 83.9 Å². The van der Waals surface area contributed by atoms with Gasteiger partial charge < -0.3 is 4.74 Å². The molecule has 0 spiro atoms. The lowest BCUT2D eigenvalue weighted by Crippen LogP contribution is -2.30. The zero-order chi connectivity index (χ0) is 20.2. The molecule has 0 bridgehead atoms. The number of hydrogen-bond donors (Lipinski definition) is 0. The molecule has 6 heteroatoms. The van der Waals surface area contributed by atoms with E-state index >= 15 is 0 Å². The molecule has 1 amide bonds. The van der Waals surface area contributed by atoms with E-state index < -0.39 is 0 Å². The van der Waals surface area contributed by atoms with Crippen LogP contribution < -0.4 is 9.64 Å². The summed E-state index contributed by atoms with van der Waals surface area (Å²) in [6.45, 7) is 0.450. The van der Waals surface area contributed by atoms with Crippen LogP contribution in [-0.4, -0.2) is 24.3 Å². The fourth-order valence-corrected chi connectivity index (χ4v) is 4.56. The molecule has 0 saturated carbocycles. The lowest BCUT2D eigenvalue weighted by Gasteiger charge is -2.20. The van der Waals surface area contributed by atoms with Crippen molar-refractivity contribution in [1.29, 1.82) is 0 Å². The largest absolute Gasteiger partial charge is 0.497 e. The molecular weight excluding hydrogens is 400 g/mol. The summed E-state index contributed by atoms with van der Waals surface area (Å²) in [5.74, 6) is 0.557. The first kappa shape index (κ1) is 19.5. The van der Waals surface area contributed by atoms with Crippen LogP contribution in [0.4, 0.5) is 5.13 Å². The van der Waals surface area contributed by atoms with Crippen molar-refractivity contribution in [2.24, 2.45) is 0 Å². The number of methoxy groups -OCH3 is 1.